The SMILES string of the molecule is CC(S)C(=O)NC(=N)c1ccc(-c2ccc(-c3ccc(C(=N)NC(=O)C(C)S)cc3)o2)cc1. The molecule has 170 valence electrons. The summed E-state index contributed by atoms with van der Waals surface area (Å²) in [5, 5.41) is 20.1. The highest BCUT2D eigenvalue weighted by Crippen LogP contribution is 2.29. The van der Waals surface area contributed by atoms with Crippen LogP contribution >= 0.6 is 25.3 Å². The summed E-state index contributed by atoms with van der Waals surface area (Å²) in [5.41, 5.74) is 2.80. The highest BCUT2D eigenvalue weighted by Gasteiger charge is 2.13. The van der Waals surface area contributed by atoms with Gasteiger partial charge in [-0.25, -0.2) is 0 Å². The maximum atomic E-state index is 11.7. The maximum absolute atomic E-state index is 11.7. The first-order chi connectivity index (χ1) is 15.7. The molecule has 0 fully saturated rings. The van der Waals surface area contributed by atoms with Crippen LogP contribution in [-0.4, -0.2) is 34.0 Å². The van der Waals surface area contributed by atoms with E-state index in [2.05, 4.69) is 35.9 Å². The van der Waals surface area contributed by atoms with E-state index >= 15 is 0 Å². The van der Waals surface area contributed by atoms with Gasteiger partial charge < -0.3 is 15.1 Å². The first kappa shape index (κ1) is 24.3. The second-order valence-electron chi connectivity index (χ2n) is 7.40. The molecule has 0 bridgehead atoms. The molecule has 2 aromatic carbocycles. The quantitative estimate of drug-likeness (QED) is 0.181. The van der Waals surface area contributed by atoms with Gasteiger partial charge in [0, 0.05) is 22.3 Å². The highest BCUT2D eigenvalue weighted by molar-refractivity contribution is 7.82. The van der Waals surface area contributed by atoms with Crippen LogP contribution in [-0.2, 0) is 9.59 Å². The van der Waals surface area contributed by atoms with E-state index in [4.69, 9.17) is 15.2 Å². The van der Waals surface area contributed by atoms with Crippen molar-refractivity contribution >= 4 is 48.7 Å². The molecule has 3 aromatic rings. The lowest BCUT2D eigenvalue weighted by Crippen LogP contribution is -2.35. The van der Waals surface area contributed by atoms with Crippen LogP contribution in [0, 0.1) is 10.8 Å². The fraction of sp³-hybridized carbons (Fsp3) is 0.167. The van der Waals surface area contributed by atoms with Crippen molar-refractivity contribution in [2.75, 3.05) is 0 Å². The number of benzene rings is 2. The molecule has 0 aliphatic carbocycles. The molecule has 1 heterocycles. The van der Waals surface area contributed by atoms with E-state index in [-0.39, 0.29) is 23.5 Å². The fourth-order valence-electron chi connectivity index (χ4n) is 2.85. The Morgan fingerprint density at radius 2 is 1.03 bits per heavy atom. The predicted octanol–water partition coefficient (Wildman–Crippen LogP) is 4.13. The molecule has 0 spiro atoms. The van der Waals surface area contributed by atoms with Gasteiger partial charge in [0.1, 0.15) is 23.2 Å². The van der Waals surface area contributed by atoms with Crippen molar-refractivity contribution in [3.8, 4) is 22.6 Å². The third kappa shape index (κ3) is 6.15. The number of amidine groups is 2. The third-order valence-electron chi connectivity index (χ3n) is 4.78. The summed E-state index contributed by atoms with van der Waals surface area (Å²) >= 11 is 8.12. The van der Waals surface area contributed by atoms with Gasteiger partial charge in [0.25, 0.3) is 0 Å². The van der Waals surface area contributed by atoms with Crippen molar-refractivity contribution in [1.29, 1.82) is 10.8 Å². The van der Waals surface area contributed by atoms with Gasteiger partial charge in [-0.2, -0.15) is 25.3 Å². The van der Waals surface area contributed by atoms with Gasteiger partial charge in [-0.05, 0) is 26.0 Å². The zero-order valence-corrected chi connectivity index (χ0v) is 19.8. The fourth-order valence-corrected chi connectivity index (χ4v) is 2.98. The lowest BCUT2D eigenvalue weighted by atomic mass is 10.1. The average Bonchev–Trinajstić information content (AvgIpc) is 3.29. The summed E-state index contributed by atoms with van der Waals surface area (Å²) in [6.07, 6.45) is 0. The first-order valence-electron chi connectivity index (χ1n) is 10.1. The maximum Gasteiger partial charge on any atom is 0.238 e. The van der Waals surface area contributed by atoms with Crippen LogP contribution in [0.4, 0.5) is 0 Å². The third-order valence-corrected chi connectivity index (χ3v) is 5.25. The molecule has 0 radical (unpaired) electrons. The van der Waals surface area contributed by atoms with Crippen molar-refractivity contribution < 1.29 is 14.0 Å². The van der Waals surface area contributed by atoms with Crippen molar-refractivity contribution in [3.63, 3.8) is 0 Å². The van der Waals surface area contributed by atoms with Gasteiger partial charge in [-0.15, -0.1) is 0 Å². The number of nitrogens with one attached hydrogen (secondary N) is 4. The minimum Gasteiger partial charge on any atom is -0.456 e. The topological polar surface area (TPSA) is 119 Å². The van der Waals surface area contributed by atoms with Crippen LogP contribution in [0.5, 0.6) is 0 Å². The molecule has 2 amide bonds. The van der Waals surface area contributed by atoms with Crippen molar-refractivity contribution in [2.45, 2.75) is 24.3 Å². The van der Waals surface area contributed by atoms with E-state index in [1.165, 1.54) is 0 Å². The molecular weight excluding hydrogens is 456 g/mol. The summed E-state index contributed by atoms with van der Waals surface area (Å²) < 4.78 is 5.98. The largest absolute Gasteiger partial charge is 0.456 e. The zero-order chi connectivity index (χ0) is 24.1. The summed E-state index contributed by atoms with van der Waals surface area (Å²) in [4.78, 5) is 23.4. The Balaban J connectivity index is 1.69. The van der Waals surface area contributed by atoms with E-state index < -0.39 is 10.5 Å². The average molecular weight is 481 g/mol. The lowest BCUT2D eigenvalue weighted by molar-refractivity contribution is -0.119. The Bertz CT molecular complexity index is 1090. The molecule has 1 aromatic heterocycles. The molecule has 3 rings (SSSR count). The second kappa shape index (κ2) is 10.5. The van der Waals surface area contributed by atoms with Crippen molar-refractivity contribution in [3.05, 3.63) is 71.8 Å². The van der Waals surface area contributed by atoms with Crippen LogP contribution in [0.3, 0.4) is 0 Å². The monoisotopic (exact) mass is 480 g/mol. The molecule has 9 heteroatoms. The van der Waals surface area contributed by atoms with Crippen LogP contribution in [0.25, 0.3) is 22.6 Å². The van der Waals surface area contributed by atoms with Gasteiger partial charge in [-0.3, -0.25) is 20.4 Å². The minimum atomic E-state index is -0.499. The summed E-state index contributed by atoms with van der Waals surface area (Å²) in [6.45, 7) is 3.28. The second-order valence-corrected chi connectivity index (χ2v) is 8.95. The Morgan fingerprint density at radius 1 is 0.697 bits per heavy atom. The van der Waals surface area contributed by atoms with Gasteiger partial charge in [0.2, 0.25) is 11.8 Å². The molecule has 2 atom stereocenters. The Labute approximate surface area is 202 Å². The Morgan fingerprint density at radius 3 is 1.33 bits per heavy atom. The van der Waals surface area contributed by atoms with Gasteiger partial charge in [-0.1, -0.05) is 48.5 Å². The molecule has 2 unspecified atom stereocenters. The van der Waals surface area contributed by atoms with Gasteiger partial charge in [0.15, 0.2) is 0 Å². The normalized spacial score (nSPS) is 12.5. The van der Waals surface area contributed by atoms with E-state index in [9.17, 15) is 9.59 Å². The summed E-state index contributed by atoms with van der Waals surface area (Å²) in [5.74, 6) is 0.674. The number of furan rings is 1. The Kier molecular flexibility index (Phi) is 7.78. The molecule has 0 aliphatic heterocycles. The van der Waals surface area contributed by atoms with Crippen LogP contribution in [0.2, 0.25) is 0 Å². The minimum absolute atomic E-state index is 0.0123. The van der Waals surface area contributed by atoms with Crippen molar-refractivity contribution in [1.82, 2.24) is 10.6 Å². The standard InChI is InChI=1S/C24H24N4O3S2/c1-13(32)23(29)27-21(25)17-7-3-15(4-8-17)19-11-12-20(31-19)16-5-9-18(10-6-16)22(26)28-24(30)14(2)33/h3-14,32-33H,1-2H3,(H2,25,27,29)(H2,26,28,30). The first-order valence-corrected chi connectivity index (χ1v) is 11.2. The van der Waals surface area contributed by atoms with Gasteiger partial charge in [0.05, 0.1) is 10.5 Å². The lowest BCUT2D eigenvalue weighted by Gasteiger charge is -2.09. The number of hydrogen-bond donors (Lipinski definition) is 6. The smallest absolute Gasteiger partial charge is 0.238 e. The van der Waals surface area contributed by atoms with Crippen LogP contribution in [0.1, 0.15) is 25.0 Å². The molecule has 7 nitrogen and oxygen atoms in total. The van der Waals surface area contributed by atoms with Crippen molar-refractivity contribution in [2.24, 2.45) is 0 Å². The highest BCUT2D eigenvalue weighted by atomic mass is 32.1. The van der Waals surface area contributed by atoms with Crippen LogP contribution in [0.15, 0.2) is 65.1 Å². The molecule has 0 saturated heterocycles. The number of rotatable bonds is 6. The van der Waals surface area contributed by atoms with E-state index in [0.717, 1.165) is 11.1 Å². The number of amides is 2. The van der Waals surface area contributed by atoms with E-state index in [1.54, 1.807) is 38.1 Å². The Hall–Kier alpha value is -3.30. The van der Waals surface area contributed by atoms with E-state index in [0.29, 0.717) is 22.6 Å². The molecular formula is C24H24N4O3S2. The molecule has 4 N–H and O–H groups in total. The summed E-state index contributed by atoms with van der Waals surface area (Å²) in [6, 6.07) is 17.9. The van der Waals surface area contributed by atoms with Crippen LogP contribution < -0.4 is 10.6 Å². The molecule has 0 saturated carbocycles. The number of carbonyl (C=O) groups excluding carboxylic acids is 2. The van der Waals surface area contributed by atoms with Gasteiger partial charge >= 0.3 is 0 Å². The zero-order valence-electron chi connectivity index (χ0n) is 18.0. The predicted molar refractivity (Wildman–Crippen MR) is 136 cm³/mol. The molecule has 0 aliphatic rings. The summed E-state index contributed by atoms with van der Waals surface area (Å²) in [7, 11) is 0. The number of carbonyl (C=O) groups is 2. The van der Waals surface area contributed by atoms with E-state index in [1.807, 2.05) is 36.4 Å². The molecule has 33 heavy (non-hydrogen) atoms. The number of hydrogen-bond acceptors (Lipinski definition) is 7. The number of thiol groups is 2.